The molecule has 4 fully saturated rings. The van der Waals surface area contributed by atoms with Crippen LogP contribution >= 0.6 is 0 Å². The summed E-state index contributed by atoms with van der Waals surface area (Å²) in [5.74, 6) is 3.22. The quantitative estimate of drug-likeness (QED) is 0.265. The van der Waals surface area contributed by atoms with Crippen LogP contribution in [0.4, 0.5) is 11.4 Å². The number of carboxylic acid groups (broad SMARTS) is 1. The molecular weight excluding hydrogens is 713 g/mol. The van der Waals surface area contributed by atoms with E-state index in [2.05, 4.69) is 121 Å². The Morgan fingerprint density at radius 2 is 0.977 bits per heavy atom. The zero-order valence-corrected chi connectivity index (χ0v) is 29.6. The molecule has 0 aromatic heterocycles. The van der Waals surface area contributed by atoms with Gasteiger partial charge >= 0.3 is 22.4 Å². The molecule has 0 spiro atoms. The second-order valence-electron chi connectivity index (χ2n) is 14.8. The third kappa shape index (κ3) is 6.82. The van der Waals surface area contributed by atoms with Crippen molar-refractivity contribution >= 4 is 17.3 Å². The molecule has 0 unspecified atom stereocenters. The van der Waals surface area contributed by atoms with Crippen molar-refractivity contribution in [1.29, 1.82) is 0 Å². The van der Waals surface area contributed by atoms with E-state index in [-0.39, 0.29) is 22.4 Å². The van der Waals surface area contributed by atoms with Crippen LogP contribution in [-0.2, 0) is 27.2 Å². The average Bonchev–Trinajstić information content (AvgIpc) is 3.41. The van der Waals surface area contributed by atoms with Crippen molar-refractivity contribution < 1.29 is 32.3 Å². The normalized spacial score (nSPS) is 25.5. The van der Waals surface area contributed by atoms with Crippen molar-refractivity contribution in [2.75, 3.05) is 9.80 Å². The summed E-state index contributed by atoms with van der Waals surface area (Å²) in [4.78, 5) is 15.5. The molecule has 2 aromatic carbocycles. The number of nitrogens with zero attached hydrogens (tertiary/aromatic N) is 2. The first-order valence-electron chi connectivity index (χ1n) is 16.4. The van der Waals surface area contributed by atoms with E-state index in [0.29, 0.717) is 41.4 Å². The van der Waals surface area contributed by atoms with Gasteiger partial charge in [0.05, 0.1) is 11.4 Å². The van der Waals surface area contributed by atoms with Crippen molar-refractivity contribution in [3.8, 4) is 0 Å². The van der Waals surface area contributed by atoms with Gasteiger partial charge in [-0.1, -0.05) is 91.8 Å². The molecule has 2 aromatic rings. The standard InChI is InChI=1S/C27H36N2.C11H16O2.Au/c1-18(2)22-11-9-12-23(19(3)4)26(22)28-15-16-29(17-28)27-24(20(5)6)13-10-14-25(27)21(7)8;12-10(13)11-4-7-1-8(5-11)3-9(2-7)6-11;/h9-16,18-21H,1-8H3;7-9H,1-6H2,(H,12,13);/q;;+1/p-1. The van der Waals surface area contributed by atoms with E-state index < -0.39 is 11.4 Å². The van der Waals surface area contributed by atoms with E-state index >= 15 is 0 Å². The topological polar surface area (TPSA) is 46.6 Å². The Labute approximate surface area is 276 Å². The number of benzene rings is 2. The third-order valence-electron chi connectivity index (χ3n) is 10.2. The molecule has 0 N–H and O–H groups in total. The van der Waals surface area contributed by atoms with E-state index in [1.165, 1.54) is 52.9 Å². The predicted molar refractivity (Wildman–Crippen MR) is 172 cm³/mol. The van der Waals surface area contributed by atoms with Crippen LogP contribution in [0.3, 0.4) is 0 Å². The summed E-state index contributed by atoms with van der Waals surface area (Å²) in [6.07, 6.45) is 11.0. The summed E-state index contributed by atoms with van der Waals surface area (Å²) < 4.78 is 0. The van der Waals surface area contributed by atoms with Gasteiger partial charge < -0.3 is 19.7 Å². The molecule has 1 heterocycles. The molecule has 43 heavy (non-hydrogen) atoms. The Morgan fingerprint density at radius 3 is 1.23 bits per heavy atom. The number of carboxylic acids is 1. The maximum atomic E-state index is 11.1. The molecule has 4 saturated carbocycles. The predicted octanol–water partition coefficient (Wildman–Crippen LogP) is 8.92. The van der Waals surface area contributed by atoms with Gasteiger partial charge in [0, 0.05) is 23.8 Å². The Kier molecular flexibility index (Phi) is 10.7. The fourth-order valence-corrected chi connectivity index (χ4v) is 8.51. The monoisotopic (exact) mass is 764 g/mol. The first-order valence-corrected chi connectivity index (χ1v) is 16.4. The molecule has 4 bridgehead atoms. The van der Waals surface area contributed by atoms with Crippen molar-refractivity contribution in [2.45, 2.75) is 118 Å². The fraction of sp³-hybridized carbons (Fsp3) is 0.579. The van der Waals surface area contributed by atoms with Crippen LogP contribution in [0.1, 0.15) is 140 Å². The van der Waals surface area contributed by atoms with Crippen LogP contribution in [0.5, 0.6) is 0 Å². The van der Waals surface area contributed by atoms with Crippen LogP contribution in [0.15, 0.2) is 48.8 Å². The van der Waals surface area contributed by atoms with Gasteiger partial charge in [-0.3, -0.25) is 0 Å². The van der Waals surface area contributed by atoms with E-state index in [1.54, 1.807) is 0 Å². The van der Waals surface area contributed by atoms with E-state index in [9.17, 15) is 9.90 Å². The Balaban J connectivity index is 0.000000250. The molecule has 5 heteroatoms. The second-order valence-corrected chi connectivity index (χ2v) is 14.8. The molecule has 236 valence electrons. The Bertz CT molecular complexity index is 1150. The van der Waals surface area contributed by atoms with Crippen LogP contribution < -0.4 is 14.9 Å². The van der Waals surface area contributed by atoms with Crippen LogP contribution in [0.25, 0.3) is 0 Å². The van der Waals surface area contributed by atoms with E-state index in [0.717, 1.165) is 19.3 Å². The number of anilines is 2. The van der Waals surface area contributed by atoms with E-state index in [4.69, 9.17) is 0 Å². The maximum Gasteiger partial charge on any atom is 1.00 e. The summed E-state index contributed by atoms with van der Waals surface area (Å²) in [6, 6.07) is 13.4. The fourth-order valence-electron chi connectivity index (χ4n) is 8.51. The van der Waals surface area contributed by atoms with Gasteiger partial charge in [0.2, 0.25) is 6.67 Å². The number of hydrogen-bond donors (Lipinski definition) is 0. The molecule has 0 amide bonds. The van der Waals surface area contributed by atoms with Gasteiger partial charge in [-0.05, 0) is 102 Å². The van der Waals surface area contributed by atoms with Gasteiger partial charge in [0.15, 0.2) is 0 Å². The summed E-state index contributed by atoms with van der Waals surface area (Å²) >= 11 is 0. The minimum absolute atomic E-state index is 0. The van der Waals surface area contributed by atoms with Crippen LogP contribution in [-0.4, -0.2) is 5.97 Å². The zero-order chi connectivity index (χ0) is 30.3. The molecule has 5 aliphatic rings. The van der Waals surface area contributed by atoms with Crippen molar-refractivity contribution in [2.24, 2.45) is 23.2 Å². The zero-order valence-electron chi connectivity index (χ0n) is 27.4. The van der Waals surface area contributed by atoms with Crippen LogP contribution in [0.2, 0.25) is 0 Å². The summed E-state index contributed by atoms with van der Waals surface area (Å²) in [6.45, 7) is 21.8. The number of carbonyl (C=O) groups excluding carboxylic acids is 1. The van der Waals surface area contributed by atoms with Gasteiger partial charge in [-0.25, -0.2) is 0 Å². The molecule has 0 atom stereocenters. The van der Waals surface area contributed by atoms with Gasteiger partial charge in [-0.15, -0.1) is 0 Å². The van der Waals surface area contributed by atoms with Gasteiger partial charge in [0.1, 0.15) is 0 Å². The summed E-state index contributed by atoms with van der Waals surface area (Å²) in [5.41, 5.74) is 7.66. The molecule has 4 aliphatic carbocycles. The Morgan fingerprint density at radius 1 is 0.674 bits per heavy atom. The molecule has 2 radical (unpaired) electrons. The summed E-state index contributed by atoms with van der Waals surface area (Å²) in [7, 11) is 0. The summed E-state index contributed by atoms with van der Waals surface area (Å²) in [5, 5.41) is 11.1. The minimum atomic E-state index is -0.758. The third-order valence-corrected chi connectivity index (χ3v) is 10.2. The average molecular weight is 765 g/mol. The van der Waals surface area contributed by atoms with Crippen molar-refractivity contribution in [3.63, 3.8) is 0 Å². The number of hydrogen-bond acceptors (Lipinski definition) is 4. The maximum absolute atomic E-state index is 11.1. The molecule has 0 saturated heterocycles. The smallest absolute Gasteiger partial charge is 0.550 e. The second kappa shape index (κ2) is 13.5. The van der Waals surface area contributed by atoms with Crippen molar-refractivity contribution in [3.05, 3.63) is 77.7 Å². The molecular formula is C38H51AuN2O2. The van der Waals surface area contributed by atoms with Gasteiger partial charge in [-0.2, -0.15) is 0 Å². The van der Waals surface area contributed by atoms with Gasteiger partial charge in [0.25, 0.3) is 0 Å². The first kappa shape index (κ1) is 33.9. The minimum Gasteiger partial charge on any atom is -0.550 e. The number of rotatable bonds is 7. The number of para-hydroxylation sites is 2. The SMILES string of the molecule is CC(C)c1cccc(C(C)C)c1N1[C]N(c2c(C(C)C)cccc2C(C)C)C=C1.O=C([O-])C12CC3CC(CC(C3)C1)C2.[Au+]. The molecule has 7 rings (SSSR count). The Hall–Kier alpha value is -2.01. The number of carbonyl (C=O) groups is 1. The molecule has 1 aliphatic heterocycles. The van der Waals surface area contributed by atoms with Crippen molar-refractivity contribution in [1.82, 2.24) is 0 Å². The number of aliphatic carboxylic acids is 1. The van der Waals surface area contributed by atoms with Crippen LogP contribution in [0, 0.1) is 29.8 Å². The largest absolute Gasteiger partial charge is 1.00 e. The van der Waals surface area contributed by atoms with E-state index in [1.807, 2.05) is 0 Å². The molecule has 4 nitrogen and oxygen atoms in total. The first-order chi connectivity index (χ1) is 19.9.